The number of sulfonamides is 1. The van der Waals surface area contributed by atoms with Gasteiger partial charge >= 0.3 is 0 Å². The Hall–Kier alpha value is -4.05. The number of nitrogens with zero attached hydrogens (tertiary/aromatic N) is 3. The van der Waals surface area contributed by atoms with Gasteiger partial charge in [-0.15, -0.1) is 0 Å². The molecule has 162 valence electrons. The average molecular weight is 449 g/mol. The number of hydrogen-bond donors (Lipinski definition) is 2. The molecule has 4 rings (SSSR count). The first kappa shape index (κ1) is 21.2. The fourth-order valence-corrected chi connectivity index (χ4v) is 3.81. The summed E-state index contributed by atoms with van der Waals surface area (Å²) in [6, 6.07) is 17.0. The van der Waals surface area contributed by atoms with Gasteiger partial charge in [0.25, 0.3) is 10.0 Å². The van der Waals surface area contributed by atoms with Gasteiger partial charge in [0.05, 0.1) is 11.1 Å². The number of carbonyl (C=O) groups is 1. The quantitative estimate of drug-likeness (QED) is 0.421. The molecule has 0 saturated carbocycles. The number of nitrogens with one attached hydrogen (secondary N) is 2. The smallest absolute Gasteiger partial charge is 0.264 e. The Labute approximate surface area is 184 Å². The zero-order valence-corrected chi connectivity index (χ0v) is 17.6. The normalized spacial score (nSPS) is 11.1. The highest BCUT2D eigenvalue weighted by Crippen LogP contribution is 2.21. The van der Waals surface area contributed by atoms with Crippen LogP contribution in [0.4, 0.5) is 11.6 Å². The van der Waals surface area contributed by atoms with Gasteiger partial charge in [-0.25, -0.2) is 28.1 Å². The van der Waals surface area contributed by atoms with Crippen LogP contribution in [0.3, 0.4) is 0 Å². The van der Waals surface area contributed by atoms with E-state index in [1.54, 1.807) is 12.3 Å². The minimum Gasteiger partial charge on any atom is -0.441 e. The Morgan fingerprint density at radius 1 is 0.906 bits per heavy atom. The van der Waals surface area contributed by atoms with E-state index in [0.717, 1.165) is 5.56 Å². The molecular weight excluding hydrogens is 430 g/mol. The Balaban J connectivity index is 1.32. The Morgan fingerprint density at radius 3 is 2.34 bits per heavy atom. The van der Waals surface area contributed by atoms with Crippen molar-refractivity contribution in [2.75, 3.05) is 10.0 Å². The van der Waals surface area contributed by atoms with Gasteiger partial charge in [0.1, 0.15) is 0 Å². The summed E-state index contributed by atoms with van der Waals surface area (Å²) in [5.74, 6) is 0.852. The van der Waals surface area contributed by atoms with Crippen LogP contribution in [0.2, 0.25) is 0 Å². The van der Waals surface area contributed by atoms with Crippen molar-refractivity contribution >= 4 is 27.6 Å². The molecule has 10 heteroatoms. The number of benzene rings is 2. The Morgan fingerprint density at radius 2 is 1.62 bits per heavy atom. The van der Waals surface area contributed by atoms with Crippen LogP contribution in [0.1, 0.15) is 12.3 Å². The minimum atomic E-state index is -3.83. The summed E-state index contributed by atoms with van der Waals surface area (Å²) in [5.41, 5.74) is 1.39. The first-order valence-corrected chi connectivity index (χ1v) is 11.2. The average Bonchev–Trinajstić information content (AvgIpc) is 3.28. The van der Waals surface area contributed by atoms with E-state index < -0.39 is 10.0 Å². The molecular formula is C22H19N5O4S. The third-order valence-corrected chi connectivity index (χ3v) is 5.76. The second kappa shape index (κ2) is 9.40. The van der Waals surface area contributed by atoms with Crippen molar-refractivity contribution in [2.24, 2.45) is 0 Å². The summed E-state index contributed by atoms with van der Waals surface area (Å²) in [7, 11) is -3.83. The molecule has 2 heterocycles. The lowest BCUT2D eigenvalue weighted by atomic mass is 10.2. The molecule has 2 aromatic carbocycles. The lowest BCUT2D eigenvalue weighted by Gasteiger charge is -2.08. The molecule has 0 radical (unpaired) electrons. The van der Waals surface area contributed by atoms with Crippen molar-refractivity contribution in [3.05, 3.63) is 85.1 Å². The van der Waals surface area contributed by atoms with Crippen molar-refractivity contribution in [1.29, 1.82) is 0 Å². The number of carbonyl (C=O) groups excluding carboxylic acids is 1. The molecule has 32 heavy (non-hydrogen) atoms. The summed E-state index contributed by atoms with van der Waals surface area (Å²) in [6.45, 7) is 0. The number of amides is 1. The van der Waals surface area contributed by atoms with E-state index in [0.29, 0.717) is 23.8 Å². The molecule has 0 atom stereocenters. The SMILES string of the molecule is O=C(CCc1ncc(-c2ccccc2)o1)Nc1ccc(S(=O)(=O)Nc2ncccn2)cc1. The Kier molecular flexibility index (Phi) is 6.22. The standard InChI is InChI=1S/C22H19N5O4S/c28-20(11-12-21-25-15-19(31-21)16-5-2-1-3-6-16)26-17-7-9-18(10-8-17)32(29,30)27-22-23-13-4-14-24-22/h1-10,13-15H,11-12H2,(H,26,28)(H,23,24,27). The number of anilines is 2. The van der Waals surface area contributed by atoms with Crippen molar-refractivity contribution in [3.63, 3.8) is 0 Å². The molecule has 0 bridgehead atoms. The summed E-state index contributed by atoms with van der Waals surface area (Å²) in [5, 5.41) is 2.73. The van der Waals surface area contributed by atoms with Crippen molar-refractivity contribution < 1.29 is 17.6 Å². The second-order valence-corrected chi connectivity index (χ2v) is 8.42. The third kappa shape index (κ3) is 5.35. The van der Waals surface area contributed by atoms with Crippen LogP contribution >= 0.6 is 0 Å². The molecule has 0 unspecified atom stereocenters. The predicted molar refractivity (Wildman–Crippen MR) is 118 cm³/mol. The highest BCUT2D eigenvalue weighted by molar-refractivity contribution is 7.92. The monoisotopic (exact) mass is 449 g/mol. The van der Waals surface area contributed by atoms with Gasteiger partial charge < -0.3 is 9.73 Å². The maximum atomic E-state index is 12.4. The topological polar surface area (TPSA) is 127 Å². The first-order chi connectivity index (χ1) is 15.5. The number of rotatable bonds is 8. The summed E-state index contributed by atoms with van der Waals surface area (Å²) >= 11 is 0. The first-order valence-electron chi connectivity index (χ1n) is 9.69. The summed E-state index contributed by atoms with van der Waals surface area (Å²) in [4.78, 5) is 24.2. The highest BCUT2D eigenvalue weighted by atomic mass is 32.2. The lowest BCUT2D eigenvalue weighted by Crippen LogP contribution is -2.15. The zero-order valence-electron chi connectivity index (χ0n) is 16.8. The van der Waals surface area contributed by atoms with E-state index in [9.17, 15) is 13.2 Å². The third-order valence-electron chi connectivity index (χ3n) is 4.42. The van der Waals surface area contributed by atoms with Crippen LogP contribution in [0.25, 0.3) is 11.3 Å². The molecule has 4 aromatic rings. The van der Waals surface area contributed by atoms with Gasteiger partial charge in [-0.1, -0.05) is 30.3 Å². The minimum absolute atomic E-state index is 0.0214. The molecule has 0 spiro atoms. The van der Waals surface area contributed by atoms with E-state index >= 15 is 0 Å². The van der Waals surface area contributed by atoms with Crippen LogP contribution in [0.5, 0.6) is 0 Å². The van der Waals surface area contributed by atoms with Gasteiger partial charge in [-0.05, 0) is 30.3 Å². The van der Waals surface area contributed by atoms with Crippen LogP contribution in [-0.4, -0.2) is 29.3 Å². The summed E-state index contributed by atoms with van der Waals surface area (Å²) < 4.78 is 32.8. The van der Waals surface area contributed by atoms with E-state index in [4.69, 9.17) is 4.42 Å². The number of aromatic nitrogens is 3. The Bertz CT molecular complexity index is 1290. The second-order valence-electron chi connectivity index (χ2n) is 6.73. The van der Waals surface area contributed by atoms with E-state index in [2.05, 4.69) is 25.0 Å². The molecule has 0 aliphatic rings. The maximum Gasteiger partial charge on any atom is 0.264 e. The molecule has 2 aromatic heterocycles. The summed E-state index contributed by atoms with van der Waals surface area (Å²) in [6.07, 6.45) is 5.01. The molecule has 0 fully saturated rings. The van der Waals surface area contributed by atoms with Crippen LogP contribution in [-0.2, 0) is 21.2 Å². The van der Waals surface area contributed by atoms with Gasteiger partial charge in [-0.2, -0.15) is 0 Å². The number of aryl methyl sites for hydroxylation is 1. The zero-order chi connectivity index (χ0) is 22.4. The van der Waals surface area contributed by atoms with Crippen LogP contribution in [0.15, 0.2) is 88.6 Å². The van der Waals surface area contributed by atoms with Crippen molar-refractivity contribution in [1.82, 2.24) is 15.0 Å². The van der Waals surface area contributed by atoms with Crippen molar-refractivity contribution in [3.8, 4) is 11.3 Å². The number of oxazole rings is 1. The predicted octanol–water partition coefficient (Wildman–Crippen LogP) is 3.50. The molecule has 0 aliphatic carbocycles. The highest BCUT2D eigenvalue weighted by Gasteiger charge is 2.16. The fraction of sp³-hybridized carbons (Fsp3) is 0.0909. The maximum absolute atomic E-state index is 12.4. The van der Waals surface area contributed by atoms with Crippen LogP contribution in [0, 0.1) is 0 Å². The van der Waals surface area contributed by atoms with Crippen LogP contribution < -0.4 is 10.0 Å². The van der Waals surface area contributed by atoms with Gasteiger partial charge in [0.15, 0.2) is 11.7 Å². The van der Waals surface area contributed by atoms with Gasteiger partial charge in [0, 0.05) is 36.5 Å². The van der Waals surface area contributed by atoms with Crippen molar-refractivity contribution in [2.45, 2.75) is 17.7 Å². The molecule has 0 aliphatic heterocycles. The molecule has 2 N–H and O–H groups in total. The molecule has 1 amide bonds. The van der Waals surface area contributed by atoms with E-state index in [-0.39, 0.29) is 23.2 Å². The number of hydrogen-bond acceptors (Lipinski definition) is 7. The van der Waals surface area contributed by atoms with E-state index in [1.165, 1.54) is 36.7 Å². The van der Waals surface area contributed by atoms with E-state index in [1.807, 2.05) is 30.3 Å². The fourth-order valence-electron chi connectivity index (χ4n) is 2.85. The molecule has 9 nitrogen and oxygen atoms in total. The lowest BCUT2D eigenvalue weighted by molar-refractivity contribution is -0.116. The largest absolute Gasteiger partial charge is 0.441 e. The van der Waals surface area contributed by atoms with Gasteiger partial charge in [0.2, 0.25) is 11.9 Å². The molecule has 0 saturated heterocycles. The van der Waals surface area contributed by atoms with Gasteiger partial charge in [-0.3, -0.25) is 4.79 Å².